The van der Waals surface area contributed by atoms with Crippen LogP contribution in [0.5, 0.6) is 0 Å². The van der Waals surface area contributed by atoms with Crippen molar-refractivity contribution in [1.82, 2.24) is 5.32 Å². The minimum Gasteiger partial charge on any atom is -0.458 e. The van der Waals surface area contributed by atoms with Gasteiger partial charge in [-0.2, -0.15) is 0 Å². The Hall–Kier alpha value is -1.94. The summed E-state index contributed by atoms with van der Waals surface area (Å²) in [5, 5.41) is 3.65. The van der Waals surface area contributed by atoms with Gasteiger partial charge in [-0.25, -0.2) is 4.79 Å². The molecule has 1 saturated heterocycles. The molecule has 0 aliphatic carbocycles. The number of ether oxygens (including phenoxy) is 1. The van der Waals surface area contributed by atoms with Crippen LogP contribution in [0.4, 0.5) is 0 Å². The summed E-state index contributed by atoms with van der Waals surface area (Å²) >= 11 is 0. The molecular formula is C27H41NO3. The van der Waals surface area contributed by atoms with Crippen LogP contribution in [0.3, 0.4) is 0 Å². The first-order valence-electron chi connectivity index (χ1n) is 12.2. The Balaban J connectivity index is 1.51. The van der Waals surface area contributed by atoms with Crippen molar-refractivity contribution in [3.8, 4) is 0 Å². The number of piperidine rings is 1. The number of benzene rings is 1. The molecule has 1 aliphatic heterocycles. The highest BCUT2D eigenvalue weighted by atomic mass is 16.5. The molecule has 2 rings (SSSR count). The molecule has 1 fully saturated rings. The molecule has 0 radical (unpaired) electrons. The molecule has 172 valence electrons. The van der Waals surface area contributed by atoms with Crippen LogP contribution in [0.2, 0.25) is 0 Å². The van der Waals surface area contributed by atoms with E-state index < -0.39 is 0 Å². The molecule has 3 atom stereocenters. The summed E-state index contributed by atoms with van der Waals surface area (Å²) in [5.41, 5.74) is 1.00. The van der Waals surface area contributed by atoms with E-state index in [4.69, 9.17) is 4.74 Å². The Morgan fingerprint density at radius 1 is 0.968 bits per heavy atom. The van der Waals surface area contributed by atoms with Crippen molar-refractivity contribution in [2.45, 2.75) is 109 Å². The zero-order valence-electron chi connectivity index (χ0n) is 19.5. The predicted molar refractivity (Wildman–Crippen MR) is 128 cm³/mol. The lowest BCUT2D eigenvalue weighted by molar-refractivity contribution is -0.145. The quantitative estimate of drug-likeness (QED) is 0.217. The first-order chi connectivity index (χ1) is 15.0. The monoisotopic (exact) mass is 427 g/mol. The molecule has 0 unspecified atom stereocenters. The summed E-state index contributed by atoms with van der Waals surface area (Å²) in [4.78, 5) is 23.1. The van der Waals surface area contributed by atoms with Gasteiger partial charge >= 0.3 is 5.97 Å². The van der Waals surface area contributed by atoms with E-state index in [0.717, 1.165) is 31.2 Å². The Morgan fingerprint density at radius 3 is 2.26 bits per heavy atom. The highest BCUT2D eigenvalue weighted by molar-refractivity contribution is 5.87. The maximum Gasteiger partial charge on any atom is 0.331 e. The second-order valence-corrected chi connectivity index (χ2v) is 9.02. The van der Waals surface area contributed by atoms with E-state index in [1.165, 1.54) is 57.4 Å². The Kier molecular flexibility index (Phi) is 12.2. The zero-order valence-corrected chi connectivity index (χ0v) is 19.5. The van der Waals surface area contributed by atoms with Crippen molar-refractivity contribution in [2.75, 3.05) is 0 Å². The topological polar surface area (TPSA) is 55.4 Å². The van der Waals surface area contributed by atoms with E-state index in [9.17, 15) is 9.59 Å². The molecule has 0 aromatic heterocycles. The highest BCUT2D eigenvalue weighted by Crippen LogP contribution is 2.21. The number of esters is 1. The van der Waals surface area contributed by atoms with Gasteiger partial charge in [0.05, 0.1) is 0 Å². The fourth-order valence-corrected chi connectivity index (χ4v) is 4.31. The molecule has 0 bridgehead atoms. The molecule has 1 heterocycles. The van der Waals surface area contributed by atoms with Gasteiger partial charge < -0.3 is 14.8 Å². The SMILES string of the molecule is CC(=O)CCCCCCCCCC[C@H]1CC[C@@H](OC(=O)/C=C/c2ccccc2)[C@@H](C)N1. The summed E-state index contributed by atoms with van der Waals surface area (Å²) in [5.74, 6) is 0.0530. The van der Waals surface area contributed by atoms with Crippen LogP contribution in [-0.4, -0.2) is 29.9 Å². The maximum absolute atomic E-state index is 12.1. The fraction of sp³-hybridized carbons (Fsp3) is 0.630. The highest BCUT2D eigenvalue weighted by Gasteiger charge is 2.28. The molecule has 0 amide bonds. The van der Waals surface area contributed by atoms with Gasteiger partial charge in [-0.1, -0.05) is 75.3 Å². The van der Waals surface area contributed by atoms with E-state index in [1.807, 2.05) is 30.3 Å². The van der Waals surface area contributed by atoms with Crippen molar-refractivity contribution in [3.63, 3.8) is 0 Å². The molecule has 4 nitrogen and oxygen atoms in total. The van der Waals surface area contributed by atoms with E-state index in [2.05, 4.69) is 12.2 Å². The van der Waals surface area contributed by atoms with E-state index in [1.54, 1.807) is 13.0 Å². The third kappa shape index (κ3) is 11.3. The summed E-state index contributed by atoms with van der Waals surface area (Å²) in [6.45, 7) is 3.80. The molecule has 31 heavy (non-hydrogen) atoms. The largest absolute Gasteiger partial charge is 0.458 e. The van der Waals surface area contributed by atoms with E-state index in [0.29, 0.717) is 11.8 Å². The third-order valence-corrected chi connectivity index (χ3v) is 6.17. The van der Waals surface area contributed by atoms with Crippen molar-refractivity contribution < 1.29 is 14.3 Å². The molecule has 1 aromatic carbocycles. The first kappa shape index (κ1) is 25.3. The molecule has 1 aromatic rings. The molecule has 0 saturated carbocycles. The first-order valence-corrected chi connectivity index (χ1v) is 12.2. The Morgan fingerprint density at radius 2 is 1.61 bits per heavy atom. The van der Waals surface area contributed by atoms with Crippen LogP contribution >= 0.6 is 0 Å². The van der Waals surface area contributed by atoms with Crippen molar-refractivity contribution >= 4 is 17.8 Å². The average molecular weight is 428 g/mol. The van der Waals surface area contributed by atoms with Crippen LogP contribution in [0, 0.1) is 0 Å². The number of carbonyl (C=O) groups is 2. The van der Waals surface area contributed by atoms with Gasteiger partial charge in [0.1, 0.15) is 11.9 Å². The standard InChI is InChI=1S/C27H41NO3/c1-22(29)14-10-7-5-3-4-6-8-13-17-25-19-20-26(23(2)28-25)31-27(30)21-18-24-15-11-9-12-16-24/h9,11-12,15-16,18,21,23,25-26,28H,3-8,10,13-14,17,19-20H2,1-2H3/b21-18+/t23-,25+,26-/m1/s1. The van der Waals surface area contributed by atoms with Crippen LogP contribution in [0.25, 0.3) is 6.08 Å². The lowest BCUT2D eigenvalue weighted by Gasteiger charge is -2.35. The predicted octanol–water partition coefficient (Wildman–Crippen LogP) is 6.24. The maximum atomic E-state index is 12.1. The molecule has 4 heteroatoms. The second kappa shape index (κ2) is 15.0. The van der Waals surface area contributed by atoms with Gasteiger partial charge in [-0.15, -0.1) is 0 Å². The van der Waals surface area contributed by atoms with Gasteiger partial charge in [0.15, 0.2) is 0 Å². The zero-order chi connectivity index (χ0) is 22.3. The fourth-order valence-electron chi connectivity index (χ4n) is 4.31. The van der Waals surface area contributed by atoms with Gasteiger partial charge in [0, 0.05) is 24.6 Å². The van der Waals surface area contributed by atoms with Gasteiger partial charge in [0.25, 0.3) is 0 Å². The van der Waals surface area contributed by atoms with Crippen LogP contribution in [0.1, 0.15) is 96.5 Å². The minimum atomic E-state index is -0.262. The number of hydrogen-bond acceptors (Lipinski definition) is 4. The number of Topliss-reactive ketones (excluding diaryl/α,β-unsaturated/α-hetero) is 1. The number of rotatable bonds is 14. The second-order valence-electron chi connectivity index (χ2n) is 9.02. The molecule has 1 aliphatic rings. The summed E-state index contributed by atoms with van der Waals surface area (Å²) in [7, 11) is 0. The number of ketones is 1. The molecule has 1 N–H and O–H groups in total. The lowest BCUT2D eigenvalue weighted by Crippen LogP contribution is -2.50. The van der Waals surface area contributed by atoms with E-state index in [-0.39, 0.29) is 18.1 Å². The average Bonchev–Trinajstić information content (AvgIpc) is 2.76. The summed E-state index contributed by atoms with van der Waals surface area (Å²) in [6, 6.07) is 10.5. The van der Waals surface area contributed by atoms with E-state index >= 15 is 0 Å². The van der Waals surface area contributed by atoms with Crippen molar-refractivity contribution in [3.05, 3.63) is 42.0 Å². The number of hydrogen-bond donors (Lipinski definition) is 1. The Bertz CT molecular complexity index is 670. The van der Waals surface area contributed by atoms with Gasteiger partial charge in [0.2, 0.25) is 0 Å². The lowest BCUT2D eigenvalue weighted by atomic mass is 9.93. The van der Waals surface area contributed by atoms with Crippen molar-refractivity contribution in [1.29, 1.82) is 0 Å². The number of carbonyl (C=O) groups excluding carboxylic acids is 2. The van der Waals surface area contributed by atoms with Crippen molar-refractivity contribution in [2.24, 2.45) is 0 Å². The van der Waals surface area contributed by atoms with Gasteiger partial charge in [-0.05, 0) is 51.2 Å². The number of nitrogens with one attached hydrogen (secondary N) is 1. The summed E-state index contributed by atoms with van der Waals surface area (Å²) in [6.07, 6.45) is 17.2. The van der Waals surface area contributed by atoms with Crippen LogP contribution in [0.15, 0.2) is 36.4 Å². The minimum absolute atomic E-state index is 0.0489. The molecule has 0 spiro atoms. The Labute approximate surface area is 188 Å². The van der Waals surface area contributed by atoms with Crippen LogP contribution in [-0.2, 0) is 14.3 Å². The van der Waals surface area contributed by atoms with Gasteiger partial charge in [-0.3, -0.25) is 0 Å². The number of unbranched alkanes of at least 4 members (excludes halogenated alkanes) is 7. The molecular weight excluding hydrogens is 386 g/mol. The normalized spacial score (nSPS) is 21.3. The van der Waals surface area contributed by atoms with Crippen LogP contribution < -0.4 is 5.32 Å². The third-order valence-electron chi connectivity index (χ3n) is 6.17. The summed E-state index contributed by atoms with van der Waals surface area (Å²) < 4.78 is 5.68. The smallest absolute Gasteiger partial charge is 0.331 e.